The van der Waals surface area contributed by atoms with Crippen molar-refractivity contribution >= 4 is 11.9 Å². The van der Waals surface area contributed by atoms with Gasteiger partial charge in [-0.2, -0.15) is 0 Å². The van der Waals surface area contributed by atoms with E-state index in [1.54, 1.807) is 0 Å². The molecule has 0 aliphatic rings. The molecular weight excluding hydrogens is 238 g/mol. The first kappa shape index (κ1) is 16.9. The molecule has 2 N–H and O–H groups in total. The SMILES string of the molecule is CC(O)CC(=O)OC(C[N+](C)(C)C)C(C)C(=O)O. The van der Waals surface area contributed by atoms with Gasteiger partial charge >= 0.3 is 11.9 Å². The Morgan fingerprint density at radius 2 is 1.72 bits per heavy atom. The van der Waals surface area contributed by atoms with Gasteiger partial charge in [-0.25, -0.2) is 0 Å². The topological polar surface area (TPSA) is 83.8 Å². The van der Waals surface area contributed by atoms with Crippen LogP contribution >= 0.6 is 0 Å². The highest BCUT2D eigenvalue weighted by molar-refractivity contribution is 5.73. The van der Waals surface area contributed by atoms with Crippen LogP contribution in [0.15, 0.2) is 0 Å². The maximum atomic E-state index is 11.5. The summed E-state index contributed by atoms with van der Waals surface area (Å²) in [6.45, 7) is 3.40. The van der Waals surface area contributed by atoms with Crippen molar-refractivity contribution in [3.8, 4) is 0 Å². The number of esters is 1. The van der Waals surface area contributed by atoms with Crippen LogP contribution in [0.5, 0.6) is 0 Å². The molecule has 0 fully saturated rings. The Kier molecular flexibility index (Phi) is 6.28. The van der Waals surface area contributed by atoms with Gasteiger partial charge in [0.25, 0.3) is 0 Å². The molecule has 3 atom stereocenters. The molecule has 0 aliphatic heterocycles. The average Bonchev–Trinajstić information content (AvgIpc) is 2.11. The summed E-state index contributed by atoms with van der Waals surface area (Å²) in [5, 5.41) is 18.1. The van der Waals surface area contributed by atoms with Crippen molar-refractivity contribution < 1.29 is 29.0 Å². The van der Waals surface area contributed by atoms with E-state index in [4.69, 9.17) is 14.9 Å². The van der Waals surface area contributed by atoms with E-state index in [0.29, 0.717) is 11.0 Å². The lowest BCUT2D eigenvalue weighted by molar-refractivity contribution is -0.873. The van der Waals surface area contributed by atoms with Crippen LogP contribution in [-0.4, -0.2) is 66.5 Å². The molecule has 0 radical (unpaired) electrons. The molecule has 0 amide bonds. The van der Waals surface area contributed by atoms with Crippen LogP contribution in [0.1, 0.15) is 20.3 Å². The summed E-state index contributed by atoms with van der Waals surface area (Å²) < 4.78 is 5.66. The number of ether oxygens (including phenoxy) is 1. The van der Waals surface area contributed by atoms with Crippen LogP contribution < -0.4 is 0 Å². The average molecular weight is 262 g/mol. The number of quaternary nitrogens is 1. The predicted molar refractivity (Wildman–Crippen MR) is 65.9 cm³/mol. The third-order valence-electron chi connectivity index (χ3n) is 2.42. The summed E-state index contributed by atoms with van der Waals surface area (Å²) in [6, 6.07) is 0. The number of aliphatic hydroxyl groups is 1. The minimum Gasteiger partial charge on any atom is -0.481 e. The van der Waals surface area contributed by atoms with Crippen molar-refractivity contribution in [3.05, 3.63) is 0 Å². The zero-order valence-corrected chi connectivity index (χ0v) is 11.7. The smallest absolute Gasteiger partial charge is 0.310 e. The molecule has 0 aliphatic carbocycles. The van der Waals surface area contributed by atoms with E-state index in [2.05, 4.69) is 0 Å². The molecule has 3 unspecified atom stereocenters. The van der Waals surface area contributed by atoms with E-state index in [1.807, 2.05) is 21.1 Å². The Bertz CT molecular complexity index is 295. The Balaban J connectivity index is 4.67. The quantitative estimate of drug-likeness (QED) is 0.502. The molecule has 0 aromatic rings. The largest absolute Gasteiger partial charge is 0.481 e. The summed E-state index contributed by atoms with van der Waals surface area (Å²) in [5.41, 5.74) is 0. The minimum absolute atomic E-state index is 0.125. The number of nitrogens with zero attached hydrogens (tertiary/aromatic N) is 1. The Morgan fingerprint density at radius 3 is 2.06 bits per heavy atom. The molecule has 0 heterocycles. The second-order valence-electron chi connectivity index (χ2n) is 5.68. The molecule has 0 rings (SSSR count). The molecule has 18 heavy (non-hydrogen) atoms. The summed E-state index contributed by atoms with van der Waals surface area (Å²) in [7, 11) is 5.68. The minimum atomic E-state index is -1.00. The first-order chi connectivity index (χ1) is 8.03. The molecule has 6 heteroatoms. The lowest BCUT2D eigenvalue weighted by atomic mass is 10.0. The first-order valence-corrected chi connectivity index (χ1v) is 5.93. The number of hydrogen-bond donors (Lipinski definition) is 2. The predicted octanol–water partition coefficient (Wildman–Crippen LogP) is 0.0960. The number of hydrogen-bond acceptors (Lipinski definition) is 4. The molecule has 0 saturated heterocycles. The molecule has 0 bridgehead atoms. The number of carbonyl (C=O) groups is 2. The molecule has 0 spiro atoms. The number of carbonyl (C=O) groups excluding carboxylic acids is 1. The number of carboxylic acids is 1. The van der Waals surface area contributed by atoms with Gasteiger partial charge < -0.3 is 19.4 Å². The number of likely N-dealkylation sites (N-methyl/N-ethyl adjacent to an activating group) is 1. The zero-order chi connectivity index (χ0) is 14.5. The third-order valence-corrected chi connectivity index (χ3v) is 2.42. The third kappa shape index (κ3) is 7.24. The fourth-order valence-electron chi connectivity index (χ4n) is 1.45. The van der Waals surface area contributed by atoms with E-state index in [0.717, 1.165) is 0 Å². The van der Waals surface area contributed by atoms with Crippen molar-refractivity contribution in [2.45, 2.75) is 32.5 Å². The van der Waals surface area contributed by atoms with Crippen molar-refractivity contribution in [1.29, 1.82) is 0 Å². The van der Waals surface area contributed by atoms with E-state index in [9.17, 15) is 9.59 Å². The van der Waals surface area contributed by atoms with E-state index in [-0.39, 0.29) is 6.42 Å². The Morgan fingerprint density at radius 1 is 1.22 bits per heavy atom. The lowest BCUT2D eigenvalue weighted by Gasteiger charge is -2.30. The number of carboxylic acid groups (broad SMARTS) is 1. The van der Waals surface area contributed by atoms with E-state index in [1.165, 1.54) is 13.8 Å². The van der Waals surface area contributed by atoms with Crippen LogP contribution in [0, 0.1) is 5.92 Å². The zero-order valence-electron chi connectivity index (χ0n) is 11.7. The van der Waals surface area contributed by atoms with E-state index < -0.39 is 30.1 Å². The summed E-state index contributed by atoms with van der Waals surface area (Å²) in [6.07, 6.45) is -1.61. The van der Waals surface area contributed by atoms with Gasteiger partial charge in [-0.15, -0.1) is 0 Å². The van der Waals surface area contributed by atoms with Crippen molar-refractivity contribution in [1.82, 2.24) is 0 Å². The van der Waals surface area contributed by atoms with E-state index >= 15 is 0 Å². The monoisotopic (exact) mass is 262 g/mol. The second-order valence-corrected chi connectivity index (χ2v) is 5.68. The number of rotatable bonds is 7. The highest BCUT2D eigenvalue weighted by Crippen LogP contribution is 2.13. The molecule has 0 aromatic carbocycles. The first-order valence-electron chi connectivity index (χ1n) is 5.93. The Hall–Kier alpha value is -1.14. The van der Waals surface area contributed by atoms with Crippen molar-refractivity contribution in [3.63, 3.8) is 0 Å². The van der Waals surface area contributed by atoms with Gasteiger partial charge in [0.15, 0.2) is 6.10 Å². The molecular formula is C12H24NO5+. The molecule has 6 nitrogen and oxygen atoms in total. The standard InChI is InChI=1S/C12H23NO5/c1-8(14)6-11(15)18-10(7-13(3,4)5)9(2)12(16)17/h8-10,14H,6-7H2,1-5H3/p+1. The normalized spacial score (nSPS) is 16.8. The van der Waals surface area contributed by atoms with Crippen LogP contribution in [0.2, 0.25) is 0 Å². The van der Waals surface area contributed by atoms with Crippen LogP contribution in [0.3, 0.4) is 0 Å². The van der Waals surface area contributed by atoms with Gasteiger partial charge in [0.1, 0.15) is 6.54 Å². The van der Waals surface area contributed by atoms with Gasteiger partial charge in [-0.3, -0.25) is 9.59 Å². The Labute approximate surface area is 108 Å². The van der Waals surface area contributed by atoms with Crippen molar-refractivity contribution in [2.75, 3.05) is 27.7 Å². The van der Waals surface area contributed by atoms with Gasteiger partial charge in [-0.05, 0) is 13.8 Å². The fourth-order valence-corrected chi connectivity index (χ4v) is 1.45. The summed E-state index contributed by atoms with van der Waals surface area (Å²) in [4.78, 5) is 22.5. The fraction of sp³-hybridized carbons (Fsp3) is 0.833. The molecule has 0 aromatic heterocycles. The second kappa shape index (κ2) is 6.70. The molecule has 106 valence electrons. The van der Waals surface area contributed by atoms with Crippen LogP contribution in [0.25, 0.3) is 0 Å². The summed E-state index contributed by atoms with van der Waals surface area (Å²) in [5.74, 6) is -2.35. The van der Waals surface area contributed by atoms with Crippen LogP contribution in [0.4, 0.5) is 0 Å². The van der Waals surface area contributed by atoms with Gasteiger partial charge in [0.05, 0.1) is 39.6 Å². The van der Waals surface area contributed by atoms with Gasteiger partial charge in [0.2, 0.25) is 0 Å². The van der Waals surface area contributed by atoms with Gasteiger partial charge in [-0.1, -0.05) is 0 Å². The highest BCUT2D eigenvalue weighted by Gasteiger charge is 2.32. The van der Waals surface area contributed by atoms with Gasteiger partial charge in [0, 0.05) is 0 Å². The maximum absolute atomic E-state index is 11.5. The number of aliphatic hydroxyl groups excluding tert-OH is 1. The highest BCUT2D eigenvalue weighted by atomic mass is 16.5. The van der Waals surface area contributed by atoms with Crippen LogP contribution in [-0.2, 0) is 14.3 Å². The maximum Gasteiger partial charge on any atom is 0.310 e. The van der Waals surface area contributed by atoms with Crippen molar-refractivity contribution in [2.24, 2.45) is 5.92 Å². The lowest BCUT2D eigenvalue weighted by Crippen LogP contribution is -2.47. The summed E-state index contributed by atoms with van der Waals surface area (Å²) >= 11 is 0. The molecule has 0 saturated carbocycles. The number of aliphatic carboxylic acids is 1.